The number of halogens is 1. The van der Waals surface area contributed by atoms with Crippen molar-refractivity contribution in [1.82, 2.24) is 0 Å². The topological polar surface area (TPSA) is 0 Å². The monoisotopic (exact) mass is 464 g/mol. The zero-order valence-electron chi connectivity index (χ0n) is 17.0. The number of rotatable bonds is 4. The van der Waals surface area contributed by atoms with E-state index < -0.39 is 0 Å². The normalized spacial score (nSPS) is 13.8. The summed E-state index contributed by atoms with van der Waals surface area (Å²) in [5.41, 5.74) is 10.2. The van der Waals surface area contributed by atoms with Crippen molar-refractivity contribution >= 4 is 11.6 Å². The summed E-state index contributed by atoms with van der Waals surface area (Å²) in [6.45, 7) is 4.74. The predicted octanol–water partition coefficient (Wildman–Crippen LogP) is 7.06. The van der Waals surface area contributed by atoms with E-state index in [1.54, 1.807) is 0 Å². The molecule has 0 fully saturated rings. The second-order valence-corrected chi connectivity index (χ2v) is 7.62. The van der Waals surface area contributed by atoms with E-state index in [1.807, 2.05) is 0 Å². The van der Waals surface area contributed by atoms with Gasteiger partial charge in [0.1, 0.15) is 0 Å². The summed E-state index contributed by atoms with van der Waals surface area (Å²) in [7, 11) is 0. The van der Waals surface area contributed by atoms with Crippen LogP contribution in [0.5, 0.6) is 0 Å². The number of hydrogen-bond acceptors (Lipinski definition) is 0. The molecule has 0 saturated carbocycles. The Bertz CT molecular complexity index is 941. The fourth-order valence-electron chi connectivity index (χ4n) is 4.54. The number of alkyl halides is 1. The van der Waals surface area contributed by atoms with Crippen molar-refractivity contribution in [2.45, 2.75) is 44.9 Å². The first-order valence-corrected chi connectivity index (χ1v) is 10.3. The second kappa shape index (κ2) is 9.92. The molecule has 2 heteroatoms. The maximum Gasteiger partial charge on any atom is 0.0149 e. The Morgan fingerprint density at radius 3 is 2.50 bits per heavy atom. The van der Waals surface area contributed by atoms with Crippen molar-refractivity contribution in [2.24, 2.45) is 0 Å². The van der Waals surface area contributed by atoms with Gasteiger partial charge in [-0.05, 0) is 52.7 Å². The van der Waals surface area contributed by atoms with Crippen LogP contribution in [0.25, 0.3) is 11.1 Å². The zero-order chi connectivity index (χ0) is 19.4. The van der Waals surface area contributed by atoms with Gasteiger partial charge in [-0.15, -0.1) is 23.9 Å². The van der Waals surface area contributed by atoms with Gasteiger partial charge >= 0.3 is 0 Å². The summed E-state index contributed by atoms with van der Waals surface area (Å²) in [6, 6.07) is 15.6. The summed E-state index contributed by atoms with van der Waals surface area (Å²) >= 11 is 4.64. The fourth-order valence-corrected chi connectivity index (χ4v) is 4.54. The van der Waals surface area contributed by atoms with Gasteiger partial charge in [-0.2, -0.15) is 0 Å². The van der Waals surface area contributed by atoms with Crippen LogP contribution in [0.3, 0.4) is 0 Å². The summed E-state index contributed by atoms with van der Waals surface area (Å²) < 4.78 is 0. The second-order valence-electron chi connectivity index (χ2n) is 7.62. The molecule has 0 radical (unpaired) electrons. The van der Waals surface area contributed by atoms with E-state index in [-0.39, 0.29) is 31.6 Å². The molecule has 0 N–H and O–H groups in total. The smallest absolute Gasteiger partial charge is 0.0149 e. The minimum atomic E-state index is 0. The van der Waals surface area contributed by atoms with Crippen LogP contribution in [-0.4, -0.2) is 6.38 Å². The van der Waals surface area contributed by atoms with Gasteiger partial charge in [-0.25, -0.2) is 0 Å². The minimum Gasteiger partial charge on any atom is -0.130 e. The van der Waals surface area contributed by atoms with Crippen LogP contribution in [-0.2, 0) is 38.0 Å². The first kappa shape index (κ1) is 22.9. The van der Waals surface area contributed by atoms with Gasteiger partial charge in [0.25, 0.3) is 0 Å². The molecule has 0 amide bonds. The Balaban J connectivity index is 0.000000906. The molecule has 0 spiro atoms. The Morgan fingerprint density at radius 2 is 1.75 bits per heavy atom. The molecule has 2 aromatic rings. The number of fused-ring (bicyclic) bond motifs is 3. The van der Waals surface area contributed by atoms with Crippen LogP contribution in [0.4, 0.5) is 0 Å². The molecule has 0 unspecified atom stereocenters. The minimum absolute atomic E-state index is 0. The van der Waals surface area contributed by atoms with Crippen LogP contribution in [0.15, 0.2) is 65.8 Å². The van der Waals surface area contributed by atoms with Gasteiger partial charge < -0.3 is 0 Å². The Hall–Kier alpha value is -1.35. The van der Waals surface area contributed by atoms with Gasteiger partial charge in [0, 0.05) is 44.4 Å². The van der Waals surface area contributed by atoms with E-state index in [0.717, 1.165) is 25.7 Å². The van der Waals surface area contributed by atoms with Gasteiger partial charge in [-0.1, -0.05) is 74.0 Å². The Morgan fingerprint density at radius 1 is 1.04 bits per heavy atom. The third-order valence-corrected chi connectivity index (χ3v) is 5.80. The third-order valence-electron chi connectivity index (χ3n) is 5.80. The van der Waals surface area contributed by atoms with Gasteiger partial charge in [0.2, 0.25) is 0 Å². The van der Waals surface area contributed by atoms with E-state index in [1.165, 1.54) is 45.3 Å². The molecular weight excluding hydrogens is 439 g/mol. The zero-order valence-corrected chi connectivity index (χ0v) is 20.2. The average molecular weight is 466 g/mol. The molecule has 0 nitrogen and oxygen atoms in total. The number of terminal acetylenes is 1. The van der Waals surface area contributed by atoms with E-state index in [4.69, 9.17) is 6.42 Å². The molecule has 0 aliphatic heterocycles. The SMILES string of the molecule is C#CCCC1=C(C(C)(C)c2cccc3c2Cc2ccccc2-3)C=CC1.CCl.[Zr]. The van der Waals surface area contributed by atoms with Crippen molar-refractivity contribution in [2.75, 3.05) is 6.38 Å². The quantitative estimate of drug-likeness (QED) is 0.286. The first-order chi connectivity index (χ1) is 13.1. The van der Waals surface area contributed by atoms with Crippen LogP contribution >= 0.6 is 11.6 Å². The van der Waals surface area contributed by atoms with Crippen molar-refractivity contribution in [3.05, 3.63) is 82.5 Å². The fraction of sp³-hybridized carbons (Fsp3) is 0.308. The summed E-state index contributed by atoms with van der Waals surface area (Å²) in [5.74, 6) is 2.80. The van der Waals surface area contributed by atoms with Crippen molar-refractivity contribution in [3.8, 4) is 23.5 Å². The van der Waals surface area contributed by atoms with Crippen molar-refractivity contribution in [1.29, 1.82) is 0 Å². The molecule has 0 heterocycles. The van der Waals surface area contributed by atoms with Gasteiger partial charge in [0.05, 0.1) is 0 Å². The standard InChI is InChI=1S/C25H24.CH3Cl.Zr/c1-4-5-10-18-12-8-15-23(18)25(2,3)24-16-9-14-21-20-13-7-6-11-19(20)17-22(21)24;1-2;/h1,6-9,11,13-16H,5,10,12,17H2,2-3H3;1H3;. The van der Waals surface area contributed by atoms with Crippen LogP contribution < -0.4 is 0 Å². The number of allylic oxidation sites excluding steroid dienone is 4. The summed E-state index contributed by atoms with van der Waals surface area (Å²) in [6.07, 6.45) is 15.5. The first-order valence-electron chi connectivity index (χ1n) is 9.54. The van der Waals surface area contributed by atoms with E-state index in [2.05, 4.69) is 86.0 Å². The Labute approximate surface area is 194 Å². The van der Waals surface area contributed by atoms with Crippen LogP contribution in [0, 0.1) is 12.3 Å². The molecular formula is C26H27ClZr. The van der Waals surface area contributed by atoms with Gasteiger partial charge in [0.15, 0.2) is 0 Å². The number of benzene rings is 2. The maximum absolute atomic E-state index is 5.50. The molecule has 2 aliphatic carbocycles. The summed E-state index contributed by atoms with van der Waals surface area (Å²) in [4.78, 5) is 0. The number of hydrogen-bond donors (Lipinski definition) is 0. The molecule has 0 bridgehead atoms. The van der Waals surface area contributed by atoms with E-state index in [9.17, 15) is 0 Å². The molecule has 2 aliphatic rings. The largest absolute Gasteiger partial charge is 0.130 e. The Kier molecular flexibility index (Phi) is 8.12. The molecule has 142 valence electrons. The van der Waals surface area contributed by atoms with E-state index in [0.29, 0.717) is 0 Å². The molecule has 0 atom stereocenters. The maximum atomic E-state index is 5.50. The van der Waals surface area contributed by atoms with Gasteiger partial charge in [-0.3, -0.25) is 0 Å². The van der Waals surface area contributed by atoms with E-state index >= 15 is 0 Å². The van der Waals surface area contributed by atoms with Crippen LogP contribution in [0.2, 0.25) is 0 Å². The molecule has 28 heavy (non-hydrogen) atoms. The molecule has 0 saturated heterocycles. The molecule has 0 aromatic heterocycles. The summed E-state index contributed by atoms with van der Waals surface area (Å²) in [5, 5.41) is 0. The van der Waals surface area contributed by atoms with Crippen molar-refractivity contribution in [3.63, 3.8) is 0 Å². The average Bonchev–Trinajstić information content (AvgIpc) is 3.32. The van der Waals surface area contributed by atoms with Crippen LogP contribution in [0.1, 0.15) is 49.8 Å². The molecule has 4 rings (SSSR count). The van der Waals surface area contributed by atoms with Crippen molar-refractivity contribution < 1.29 is 26.2 Å². The molecule has 2 aromatic carbocycles. The third kappa shape index (κ3) is 4.15. The predicted molar refractivity (Wildman–Crippen MR) is 118 cm³/mol.